The van der Waals surface area contributed by atoms with E-state index in [1.54, 1.807) is 24.1 Å². The number of hydrogen-bond donors (Lipinski definition) is 1. The predicted molar refractivity (Wildman–Crippen MR) is 71.3 cm³/mol. The van der Waals surface area contributed by atoms with Crippen LogP contribution < -0.4 is 5.32 Å². The number of carbonyl (C=O) groups excluding carboxylic acids is 2. The van der Waals surface area contributed by atoms with Crippen LogP contribution in [0.3, 0.4) is 0 Å². The summed E-state index contributed by atoms with van der Waals surface area (Å²) in [6.45, 7) is 2.96. The Hall–Kier alpha value is -1.75. The summed E-state index contributed by atoms with van der Waals surface area (Å²) in [5.41, 5.74) is 0.780. The van der Waals surface area contributed by atoms with Crippen LogP contribution in [-0.2, 0) is 16.0 Å². The molecule has 0 aliphatic rings. The van der Waals surface area contributed by atoms with Crippen molar-refractivity contribution in [1.82, 2.24) is 10.2 Å². The van der Waals surface area contributed by atoms with Gasteiger partial charge in [0, 0.05) is 13.5 Å². The van der Waals surface area contributed by atoms with Crippen LogP contribution in [0.2, 0.25) is 0 Å². The molecule has 19 heavy (non-hydrogen) atoms. The fourth-order valence-corrected chi connectivity index (χ4v) is 1.70. The molecule has 0 aromatic heterocycles. The third kappa shape index (κ3) is 5.61. The van der Waals surface area contributed by atoms with E-state index in [2.05, 4.69) is 5.32 Å². The fourth-order valence-electron chi connectivity index (χ4n) is 1.70. The minimum atomic E-state index is -0.314. The average molecular weight is 266 g/mol. The molecule has 0 saturated heterocycles. The Morgan fingerprint density at radius 1 is 1.21 bits per heavy atom. The molecule has 0 spiro atoms. The zero-order chi connectivity index (χ0) is 14.3. The first-order valence-electron chi connectivity index (χ1n) is 6.24. The number of benzene rings is 1. The van der Waals surface area contributed by atoms with Crippen molar-refractivity contribution < 1.29 is 14.0 Å². The van der Waals surface area contributed by atoms with E-state index in [1.807, 2.05) is 6.92 Å². The molecular weight excluding hydrogens is 247 g/mol. The van der Waals surface area contributed by atoms with Crippen molar-refractivity contribution in [2.45, 2.75) is 13.3 Å². The molecule has 1 aromatic carbocycles. The summed E-state index contributed by atoms with van der Waals surface area (Å²) in [4.78, 5) is 24.9. The van der Waals surface area contributed by atoms with Crippen LogP contribution in [-0.4, -0.2) is 43.3 Å². The Labute approximate surface area is 112 Å². The second kappa shape index (κ2) is 7.63. The number of hydrogen-bond acceptors (Lipinski definition) is 3. The lowest BCUT2D eigenvalue weighted by Crippen LogP contribution is -2.38. The van der Waals surface area contributed by atoms with E-state index >= 15 is 0 Å². The lowest BCUT2D eigenvalue weighted by atomic mass is 10.1. The maximum Gasteiger partial charge on any atom is 0.233 e. The fraction of sp³-hybridized carbons (Fsp3) is 0.429. The topological polar surface area (TPSA) is 49.4 Å². The van der Waals surface area contributed by atoms with Crippen molar-refractivity contribution in [3.05, 3.63) is 35.6 Å². The van der Waals surface area contributed by atoms with Gasteiger partial charge in [0.05, 0.1) is 13.1 Å². The van der Waals surface area contributed by atoms with Gasteiger partial charge in [-0.1, -0.05) is 19.1 Å². The Morgan fingerprint density at radius 3 is 2.37 bits per heavy atom. The van der Waals surface area contributed by atoms with E-state index in [1.165, 1.54) is 12.1 Å². The summed E-state index contributed by atoms with van der Waals surface area (Å²) >= 11 is 0. The smallest absolute Gasteiger partial charge is 0.233 e. The predicted octanol–water partition coefficient (Wildman–Crippen LogP) is 1.01. The first kappa shape index (κ1) is 15.3. The second-order valence-electron chi connectivity index (χ2n) is 4.32. The largest absolute Gasteiger partial charge is 0.358 e. The summed E-state index contributed by atoms with van der Waals surface area (Å²) in [5.74, 6) is -0.417. The Morgan fingerprint density at radius 2 is 1.84 bits per heavy atom. The quantitative estimate of drug-likeness (QED) is 0.801. The SMILES string of the molecule is CCN(CC(=O)Cc1ccc(F)cc1)CC(=O)NC. The highest BCUT2D eigenvalue weighted by Gasteiger charge is 2.12. The van der Waals surface area contributed by atoms with Gasteiger partial charge in [0.2, 0.25) is 5.91 Å². The van der Waals surface area contributed by atoms with Crippen molar-refractivity contribution >= 4 is 11.7 Å². The molecule has 1 N–H and O–H groups in total. The van der Waals surface area contributed by atoms with Crippen LogP contribution in [0.15, 0.2) is 24.3 Å². The van der Waals surface area contributed by atoms with Crippen LogP contribution in [0.1, 0.15) is 12.5 Å². The number of nitrogens with zero attached hydrogens (tertiary/aromatic N) is 1. The Balaban J connectivity index is 2.49. The highest BCUT2D eigenvalue weighted by molar-refractivity contribution is 5.84. The summed E-state index contributed by atoms with van der Waals surface area (Å²) in [7, 11) is 1.57. The molecule has 0 radical (unpaired) electrons. The molecule has 0 aliphatic heterocycles. The molecule has 0 heterocycles. The summed E-state index contributed by atoms with van der Waals surface area (Å²) in [6.07, 6.45) is 0.254. The van der Waals surface area contributed by atoms with Crippen molar-refractivity contribution in [3.63, 3.8) is 0 Å². The van der Waals surface area contributed by atoms with Crippen LogP contribution in [0.5, 0.6) is 0 Å². The molecule has 104 valence electrons. The minimum Gasteiger partial charge on any atom is -0.358 e. The van der Waals surface area contributed by atoms with Gasteiger partial charge in [-0.05, 0) is 24.2 Å². The maximum absolute atomic E-state index is 12.7. The average Bonchev–Trinajstić information content (AvgIpc) is 2.40. The minimum absolute atomic E-state index is 0.0114. The maximum atomic E-state index is 12.7. The second-order valence-corrected chi connectivity index (χ2v) is 4.32. The van der Waals surface area contributed by atoms with Gasteiger partial charge in [-0.25, -0.2) is 4.39 Å². The summed E-state index contributed by atoms with van der Waals surface area (Å²) in [6, 6.07) is 5.88. The van der Waals surface area contributed by atoms with Crippen molar-refractivity contribution in [1.29, 1.82) is 0 Å². The molecule has 0 unspecified atom stereocenters. The monoisotopic (exact) mass is 266 g/mol. The van der Waals surface area contributed by atoms with Gasteiger partial charge in [-0.2, -0.15) is 0 Å². The summed E-state index contributed by atoms with van der Waals surface area (Å²) < 4.78 is 12.7. The Kier molecular flexibility index (Phi) is 6.15. The van der Waals surface area contributed by atoms with Crippen LogP contribution >= 0.6 is 0 Å². The molecule has 1 rings (SSSR count). The van der Waals surface area contributed by atoms with E-state index in [-0.39, 0.29) is 37.0 Å². The van der Waals surface area contributed by atoms with E-state index in [4.69, 9.17) is 0 Å². The highest BCUT2D eigenvalue weighted by atomic mass is 19.1. The molecular formula is C14H19FN2O2. The standard InChI is InChI=1S/C14H19FN2O2/c1-3-17(10-14(19)16-2)9-13(18)8-11-4-6-12(15)7-5-11/h4-7H,3,8-10H2,1-2H3,(H,16,19). The van der Waals surface area contributed by atoms with Crippen molar-refractivity contribution in [2.24, 2.45) is 0 Å². The first-order valence-corrected chi connectivity index (χ1v) is 6.24. The van der Waals surface area contributed by atoms with E-state index < -0.39 is 0 Å². The lowest BCUT2D eigenvalue weighted by molar-refractivity contribution is -0.123. The molecule has 0 bridgehead atoms. The lowest BCUT2D eigenvalue weighted by Gasteiger charge is -2.18. The number of likely N-dealkylation sites (N-methyl/N-ethyl adjacent to an activating group) is 2. The number of amides is 1. The van der Waals surface area contributed by atoms with Crippen molar-refractivity contribution in [2.75, 3.05) is 26.7 Å². The van der Waals surface area contributed by atoms with Gasteiger partial charge >= 0.3 is 0 Å². The molecule has 0 fully saturated rings. The molecule has 4 nitrogen and oxygen atoms in total. The molecule has 0 saturated carbocycles. The molecule has 5 heteroatoms. The number of carbonyl (C=O) groups is 2. The van der Waals surface area contributed by atoms with Crippen molar-refractivity contribution in [3.8, 4) is 0 Å². The van der Waals surface area contributed by atoms with Gasteiger partial charge in [0.1, 0.15) is 5.82 Å². The van der Waals surface area contributed by atoms with E-state index in [9.17, 15) is 14.0 Å². The van der Waals surface area contributed by atoms with Gasteiger partial charge in [0.25, 0.3) is 0 Å². The summed E-state index contributed by atoms with van der Waals surface area (Å²) in [5, 5.41) is 2.53. The van der Waals surface area contributed by atoms with Gasteiger partial charge < -0.3 is 5.32 Å². The molecule has 0 atom stereocenters. The Bertz CT molecular complexity index is 432. The first-order chi connectivity index (χ1) is 9.05. The van der Waals surface area contributed by atoms with Gasteiger partial charge in [-0.3, -0.25) is 14.5 Å². The van der Waals surface area contributed by atoms with E-state index in [0.29, 0.717) is 6.54 Å². The number of ketones is 1. The zero-order valence-electron chi connectivity index (χ0n) is 11.3. The molecule has 0 aliphatic carbocycles. The third-order valence-electron chi connectivity index (χ3n) is 2.81. The molecule has 1 aromatic rings. The van der Waals surface area contributed by atoms with E-state index in [0.717, 1.165) is 5.56 Å². The molecule has 1 amide bonds. The number of Topliss-reactive ketones (excluding diaryl/α,β-unsaturated/α-hetero) is 1. The van der Waals surface area contributed by atoms with Gasteiger partial charge in [-0.15, -0.1) is 0 Å². The van der Waals surface area contributed by atoms with Crippen LogP contribution in [0.4, 0.5) is 4.39 Å². The highest BCUT2D eigenvalue weighted by Crippen LogP contribution is 2.04. The number of nitrogens with one attached hydrogen (secondary N) is 1. The van der Waals surface area contributed by atoms with Crippen LogP contribution in [0, 0.1) is 5.82 Å². The van der Waals surface area contributed by atoms with Gasteiger partial charge in [0.15, 0.2) is 5.78 Å². The number of halogens is 1. The zero-order valence-corrected chi connectivity index (χ0v) is 11.3. The van der Waals surface area contributed by atoms with Crippen LogP contribution in [0.25, 0.3) is 0 Å². The number of rotatable bonds is 7. The third-order valence-corrected chi connectivity index (χ3v) is 2.81. The normalized spacial score (nSPS) is 10.5.